The van der Waals surface area contributed by atoms with E-state index in [9.17, 15) is 14.9 Å². The van der Waals surface area contributed by atoms with Crippen LogP contribution in [0.1, 0.15) is 16.8 Å². The van der Waals surface area contributed by atoms with Gasteiger partial charge >= 0.3 is 0 Å². The number of carbonyl (C=O) groups is 1. The molecule has 3 N–H and O–H groups in total. The van der Waals surface area contributed by atoms with Gasteiger partial charge in [-0.2, -0.15) is 5.26 Å². The number of nitrogens with one attached hydrogen (secondary N) is 3. The Morgan fingerprint density at radius 3 is 2.85 bits per heavy atom. The summed E-state index contributed by atoms with van der Waals surface area (Å²) >= 11 is 6.11. The van der Waals surface area contributed by atoms with E-state index < -0.39 is 5.56 Å². The van der Waals surface area contributed by atoms with Crippen LogP contribution >= 0.6 is 24.2 Å². The summed E-state index contributed by atoms with van der Waals surface area (Å²) in [4.78, 5) is 28.6. The third kappa shape index (κ3) is 5.22. The summed E-state index contributed by atoms with van der Waals surface area (Å²) in [5, 5.41) is 9.17. The molecule has 1 amide bonds. The number of nitriles is 1. The summed E-state index contributed by atoms with van der Waals surface area (Å²) < 4.78 is 13.6. The number of amides is 1. The molecule has 0 bridgehead atoms. The van der Waals surface area contributed by atoms with Gasteiger partial charge in [-0.3, -0.25) is 19.3 Å². The Bertz CT molecular complexity index is 1020. The van der Waals surface area contributed by atoms with Crippen LogP contribution < -0.4 is 19.8 Å². The molecule has 8 nitrogen and oxygen atoms in total. The first-order valence-electron chi connectivity index (χ1n) is 7.56. The lowest BCUT2D eigenvalue weighted by Gasteiger charge is -2.13. The average molecular weight is 404 g/mol. The SMILES string of the molecule is COc1cccc(/C=C/c2[nH]c(=S)[nH]c(=O)c2C#N)c1OCC(=O)NSC. The number of hydrogen-bond acceptors (Lipinski definition) is 7. The molecule has 1 aromatic carbocycles. The molecule has 2 aromatic rings. The van der Waals surface area contributed by atoms with Crippen molar-refractivity contribution in [3.05, 3.63) is 50.1 Å². The molecular formula is C17H16N4O4S2. The third-order valence-electron chi connectivity index (χ3n) is 3.31. The number of nitrogens with zero attached hydrogens (tertiary/aromatic N) is 1. The Kier molecular flexibility index (Phi) is 7.22. The van der Waals surface area contributed by atoms with Crippen molar-refractivity contribution < 1.29 is 14.3 Å². The molecule has 1 heterocycles. The number of hydrogen-bond donors (Lipinski definition) is 3. The highest BCUT2D eigenvalue weighted by Crippen LogP contribution is 2.32. The van der Waals surface area contributed by atoms with E-state index in [4.69, 9.17) is 21.7 Å². The van der Waals surface area contributed by atoms with Gasteiger partial charge in [-0.1, -0.05) is 24.1 Å². The molecule has 0 radical (unpaired) electrons. The lowest BCUT2D eigenvalue weighted by Crippen LogP contribution is -2.23. The zero-order chi connectivity index (χ0) is 19.8. The summed E-state index contributed by atoms with van der Waals surface area (Å²) in [6.07, 6.45) is 4.89. The Balaban J connectivity index is 2.41. The van der Waals surface area contributed by atoms with Crippen molar-refractivity contribution in [3.63, 3.8) is 0 Å². The van der Waals surface area contributed by atoms with E-state index in [1.165, 1.54) is 25.1 Å². The van der Waals surface area contributed by atoms with Crippen LogP contribution in [-0.2, 0) is 4.79 Å². The molecule has 0 spiro atoms. The minimum atomic E-state index is -0.572. The van der Waals surface area contributed by atoms with Crippen molar-refractivity contribution in [1.82, 2.24) is 14.7 Å². The Morgan fingerprint density at radius 2 is 2.19 bits per heavy atom. The van der Waals surface area contributed by atoms with Crippen LogP contribution in [-0.4, -0.2) is 35.8 Å². The van der Waals surface area contributed by atoms with Gasteiger partial charge in [0.15, 0.2) is 22.9 Å². The molecule has 2 rings (SSSR count). The van der Waals surface area contributed by atoms with Crippen LogP contribution in [0.2, 0.25) is 0 Å². The van der Waals surface area contributed by atoms with Gasteiger partial charge in [-0.25, -0.2) is 0 Å². The maximum Gasteiger partial charge on any atom is 0.270 e. The van der Waals surface area contributed by atoms with Crippen LogP contribution in [0, 0.1) is 16.1 Å². The molecule has 0 aliphatic heterocycles. The lowest BCUT2D eigenvalue weighted by atomic mass is 10.1. The molecule has 0 atom stereocenters. The van der Waals surface area contributed by atoms with Gasteiger partial charge < -0.3 is 14.5 Å². The number of para-hydroxylation sites is 1. The third-order valence-corrected chi connectivity index (χ3v) is 3.94. The first kappa shape index (κ1) is 20.3. The van der Waals surface area contributed by atoms with Crippen LogP contribution in [0.3, 0.4) is 0 Å². The normalized spacial score (nSPS) is 10.4. The lowest BCUT2D eigenvalue weighted by molar-refractivity contribution is -0.121. The largest absolute Gasteiger partial charge is 0.493 e. The second-order valence-electron chi connectivity index (χ2n) is 5.04. The Hall–Kier alpha value is -3.03. The van der Waals surface area contributed by atoms with Gasteiger partial charge in [-0.05, 0) is 30.4 Å². The minimum Gasteiger partial charge on any atom is -0.493 e. The fraction of sp³-hybridized carbons (Fsp3) is 0.176. The van der Waals surface area contributed by atoms with Crippen molar-refractivity contribution in [2.75, 3.05) is 20.0 Å². The van der Waals surface area contributed by atoms with Gasteiger partial charge in [0.25, 0.3) is 11.5 Å². The molecule has 0 fully saturated rings. The second kappa shape index (κ2) is 9.61. The molecule has 27 heavy (non-hydrogen) atoms. The number of benzene rings is 1. The zero-order valence-corrected chi connectivity index (χ0v) is 16.1. The predicted molar refractivity (Wildman–Crippen MR) is 106 cm³/mol. The van der Waals surface area contributed by atoms with Gasteiger partial charge in [0.05, 0.1) is 12.8 Å². The van der Waals surface area contributed by atoms with Crippen molar-refractivity contribution in [3.8, 4) is 17.6 Å². The summed E-state index contributed by atoms with van der Waals surface area (Å²) in [5.74, 6) is 0.497. The van der Waals surface area contributed by atoms with Crippen molar-refractivity contribution in [2.45, 2.75) is 0 Å². The summed E-state index contributed by atoms with van der Waals surface area (Å²) in [7, 11) is 1.49. The van der Waals surface area contributed by atoms with E-state index in [2.05, 4.69) is 14.7 Å². The molecule has 0 saturated heterocycles. The summed E-state index contributed by atoms with van der Waals surface area (Å²) in [5.41, 5.74) is 0.191. The molecule has 0 unspecified atom stereocenters. The van der Waals surface area contributed by atoms with Crippen molar-refractivity contribution >= 4 is 42.2 Å². The molecular weight excluding hydrogens is 388 g/mol. The van der Waals surface area contributed by atoms with Crippen molar-refractivity contribution in [1.29, 1.82) is 5.26 Å². The number of H-pyrrole nitrogens is 2. The average Bonchev–Trinajstić information content (AvgIpc) is 2.64. The van der Waals surface area contributed by atoms with Crippen LogP contribution in [0.5, 0.6) is 11.5 Å². The molecule has 10 heteroatoms. The van der Waals surface area contributed by atoms with Gasteiger partial charge in [0.2, 0.25) is 0 Å². The smallest absolute Gasteiger partial charge is 0.270 e. The van der Waals surface area contributed by atoms with E-state index >= 15 is 0 Å². The molecule has 0 aliphatic rings. The molecule has 0 aliphatic carbocycles. The Labute approximate surface area is 164 Å². The Morgan fingerprint density at radius 1 is 1.41 bits per heavy atom. The fourth-order valence-electron chi connectivity index (χ4n) is 2.17. The maximum atomic E-state index is 11.8. The van der Waals surface area contributed by atoms with Crippen molar-refractivity contribution in [2.24, 2.45) is 0 Å². The zero-order valence-electron chi connectivity index (χ0n) is 14.5. The summed E-state index contributed by atoms with van der Waals surface area (Å²) in [6, 6.07) is 7.02. The molecule has 140 valence electrons. The molecule has 1 aromatic heterocycles. The van der Waals surface area contributed by atoms with E-state index in [1.807, 2.05) is 6.07 Å². The number of aromatic nitrogens is 2. The first-order chi connectivity index (χ1) is 13.0. The van der Waals surface area contributed by atoms with E-state index in [-0.39, 0.29) is 28.5 Å². The number of methoxy groups -OCH3 is 1. The summed E-state index contributed by atoms with van der Waals surface area (Å²) in [6.45, 7) is -0.195. The van der Waals surface area contributed by atoms with E-state index in [1.54, 1.807) is 30.5 Å². The minimum absolute atomic E-state index is 0.0930. The number of carbonyl (C=O) groups excluding carboxylic acids is 1. The number of rotatable bonds is 7. The number of aromatic amines is 2. The van der Waals surface area contributed by atoms with Gasteiger partial charge in [-0.15, -0.1) is 0 Å². The predicted octanol–water partition coefficient (Wildman–Crippen LogP) is 2.26. The highest BCUT2D eigenvalue weighted by molar-refractivity contribution is 7.97. The van der Waals surface area contributed by atoms with Crippen LogP contribution in [0.25, 0.3) is 12.2 Å². The van der Waals surface area contributed by atoms with Crippen LogP contribution in [0.15, 0.2) is 23.0 Å². The monoisotopic (exact) mass is 404 g/mol. The highest BCUT2D eigenvalue weighted by atomic mass is 32.2. The standard InChI is InChI=1S/C17H16N4O4S2/c1-24-13-5-3-4-10(15(13)25-9-14(22)21-27-2)6-7-12-11(8-18)16(23)20-17(26)19-12/h3-7H,9H2,1-2H3,(H,21,22)(H2,19,20,23,26)/b7-6+. The highest BCUT2D eigenvalue weighted by Gasteiger charge is 2.12. The topological polar surface area (TPSA) is 120 Å². The number of ether oxygens (including phenoxy) is 2. The first-order valence-corrected chi connectivity index (χ1v) is 9.19. The fourth-order valence-corrected chi connectivity index (χ4v) is 2.66. The molecule has 0 saturated carbocycles. The van der Waals surface area contributed by atoms with E-state index in [0.717, 1.165) is 0 Å². The van der Waals surface area contributed by atoms with Gasteiger partial charge in [0, 0.05) is 11.8 Å². The van der Waals surface area contributed by atoms with E-state index in [0.29, 0.717) is 17.1 Å². The van der Waals surface area contributed by atoms with Crippen LogP contribution in [0.4, 0.5) is 0 Å². The maximum absolute atomic E-state index is 11.8. The second-order valence-corrected chi connectivity index (χ2v) is 6.06. The quantitative estimate of drug-likeness (QED) is 0.478. The van der Waals surface area contributed by atoms with Gasteiger partial charge in [0.1, 0.15) is 11.6 Å².